The maximum atomic E-state index is 6.24. The molecule has 0 atom stereocenters. The van der Waals surface area contributed by atoms with Gasteiger partial charge in [-0.15, -0.1) is 0 Å². The van der Waals surface area contributed by atoms with Crippen molar-refractivity contribution in [2.45, 2.75) is 25.9 Å². The molecule has 0 fully saturated rings. The lowest BCUT2D eigenvalue weighted by Crippen LogP contribution is -1.99. The topological polar surface area (TPSA) is 22.1 Å². The minimum Gasteiger partial charge on any atom is -0.473 e. The van der Waals surface area contributed by atoms with Crippen molar-refractivity contribution in [1.82, 2.24) is 4.98 Å². The van der Waals surface area contributed by atoms with E-state index < -0.39 is 0 Å². The van der Waals surface area contributed by atoms with Gasteiger partial charge in [-0.2, -0.15) is 0 Å². The van der Waals surface area contributed by atoms with Gasteiger partial charge in [0, 0.05) is 11.8 Å². The Labute approximate surface area is 112 Å². The van der Waals surface area contributed by atoms with Gasteiger partial charge in [0.15, 0.2) is 0 Å². The first-order chi connectivity index (χ1) is 8.83. The highest BCUT2D eigenvalue weighted by Crippen LogP contribution is 2.30. The van der Waals surface area contributed by atoms with Crippen molar-refractivity contribution in [1.29, 1.82) is 0 Å². The van der Waals surface area contributed by atoms with E-state index in [0.29, 0.717) is 12.5 Å². The van der Waals surface area contributed by atoms with E-state index in [9.17, 15) is 0 Å². The first-order valence-corrected chi connectivity index (χ1v) is 6.56. The Morgan fingerprint density at radius 3 is 2.83 bits per heavy atom. The molecule has 92 valence electrons. The Balaban J connectivity index is 1.76. The monoisotopic (exact) mass is 259 g/mol. The number of ether oxygens (including phenoxy) is 1. The van der Waals surface area contributed by atoms with Gasteiger partial charge >= 0.3 is 0 Å². The summed E-state index contributed by atoms with van der Waals surface area (Å²) in [5.41, 5.74) is 3.44. The number of hydrogen-bond acceptors (Lipinski definition) is 2. The summed E-state index contributed by atoms with van der Waals surface area (Å²) >= 11 is 6.24. The summed E-state index contributed by atoms with van der Waals surface area (Å²) in [4.78, 5) is 4.52. The highest BCUT2D eigenvalue weighted by atomic mass is 35.5. The van der Waals surface area contributed by atoms with Crippen LogP contribution in [-0.2, 0) is 19.4 Å². The molecule has 3 rings (SSSR count). The Bertz CT molecular complexity index is 554. The van der Waals surface area contributed by atoms with Crippen LogP contribution in [0.4, 0.5) is 0 Å². The van der Waals surface area contributed by atoms with E-state index in [-0.39, 0.29) is 0 Å². The molecule has 1 aromatic heterocycles. The fourth-order valence-corrected chi connectivity index (χ4v) is 2.57. The number of halogens is 1. The molecule has 0 aliphatic heterocycles. The highest BCUT2D eigenvalue weighted by molar-refractivity contribution is 6.31. The molecule has 0 saturated heterocycles. The molecule has 0 N–H and O–H groups in total. The third-order valence-corrected chi connectivity index (χ3v) is 3.54. The van der Waals surface area contributed by atoms with E-state index in [1.165, 1.54) is 5.56 Å². The molecule has 0 saturated carbocycles. The number of fused-ring (bicyclic) bond motifs is 1. The number of nitrogens with zero attached hydrogens (tertiary/aromatic N) is 1. The first-order valence-electron chi connectivity index (χ1n) is 6.18. The van der Waals surface area contributed by atoms with Crippen molar-refractivity contribution in [2.24, 2.45) is 0 Å². The molecule has 0 amide bonds. The van der Waals surface area contributed by atoms with E-state index in [1.54, 1.807) is 0 Å². The van der Waals surface area contributed by atoms with Gasteiger partial charge in [-0.1, -0.05) is 41.9 Å². The molecule has 1 aliphatic carbocycles. The lowest BCUT2D eigenvalue weighted by Gasteiger charge is -2.08. The van der Waals surface area contributed by atoms with Crippen LogP contribution in [0.2, 0.25) is 5.02 Å². The smallest absolute Gasteiger partial charge is 0.215 e. The minimum atomic E-state index is 0.531. The molecular formula is C15H14ClNO. The van der Waals surface area contributed by atoms with Crippen LogP contribution in [0.5, 0.6) is 5.88 Å². The lowest BCUT2D eigenvalue weighted by molar-refractivity contribution is 0.293. The number of aromatic nitrogens is 1. The summed E-state index contributed by atoms with van der Waals surface area (Å²) in [6.07, 6.45) is 3.20. The Morgan fingerprint density at radius 2 is 2.00 bits per heavy atom. The number of pyridine rings is 1. The fourth-order valence-electron chi connectivity index (χ4n) is 2.27. The molecule has 2 aromatic rings. The highest BCUT2D eigenvalue weighted by Gasteiger charge is 2.17. The normalized spacial score (nSPS) is 13.4. The Hall–Kier alpha value is -1.54. The van der Waals surface area contributed by atoms with Crippen molar-refractivity contribution in [3.8, 4) is 5.88 Å². The summed E-state index contributed by atoms with van der Waals surface area (Å²) < 4.78 is 5.70. The van der Waals surface area contributed by atoms with Crippen LogP contribution in [0.3, 0.4) is 0 Å². The zero-order valence-corrected chi connectivity index (χ0v) is 10.8. The SMILES string of the molecule is Clc1cc(OCc2ccccc2)nc2c1CCC2. The summed E-state index contributed by atoms with van der Waals surface area (Å²) in [5, 5.41) is 0.792. The van der Waals surface area contributed by atoms with Crippen LogP contribution in [0.25, 0.3) is 0 Å². The fraction of sp³-hybridized carbons (Fsp3) is 0.267. The van der Waals surface area contributed by atoms with E-state index in [0.717, 1.165) is 35.5 Å². The summed E-state index contributed by atoms with van der Waals surface area (Å²) in [5.74, 6) is 0.629. The standard InChI is InChI=1S/C15H14ClNO/c16-13-9-15(17-14-8-4-7-12(13)14)18-10-11-5-2-1-3-6-11/h1-3,5-6,9H,4,7-8,10H2. The molecule has 2 nitrogen and oxygen atoms in total. The van der Waals surface area contributed by atoms with Crippen LogP contribution in [0.15, 0.2) is 36.4 Å². The van der Waals surface area contributed by atoms with Crippen LogP contribution >= 0.6 is 11.6 Å². The van der Waals surface area contributed by atoms with Gasteiger partial charge in [0.05, 0.1) is 5.02 Å². The summed E-state index contributed by atoms with van der Waals surface area (Å²) in [6.45, 7) is 0.531. The first kappa shape index (κ1) is 11.5. The van der Waals surface area contributed by atoms with E-state index in [2.05, 4.69) is 4.98 Å². The van der Waals surface area contributed by atoms with E-state index in [4.69, 9.17) is 16.3 Å². The van der Waals surface area contributed by atoms with Crippen molar-refractivity contribution in [3.63, 3.8) is 0 Å². The van der Waals surface area contributed by atoms with Crippen molar-refractivity contribution >= 4 is 11.6 Å². The second kappa shape index (κ2) is 4.99. The second-order valence-electron chi connectivity index (χ2n) is 4.50. The van der Waals surface area contributed by atoms with Crippen molar-refractivity contribution in [2.75, 3.05) is 0 Å². The van der Waals surface area contributed by atoms with Crippen molar-refractivity contribution in [3.05, 3.63) is 58.2 Å². The number of aryl methyl sites for hydroxylation is 1. The zero-order chi connectivity index (χ0) is 12.4. The largest absolute Gasteiger partial charge is 0.473 e. The number of hydrogen-bond donors (Lipinski definition) is 0. The van der Waals surface area contributed by atoms with Gasteiger partial charge in [0.25, 0.3) is 0 Å². The molecule has 18 heavy (non-hydrogen) atoms. The third-order valence-electron chi connectivity index (χ3n) is 3.20. The molecule has 3 heteroatoms. The van der Waals surface area contributed by atoms with E-state index in [1.807, 2.05) is 36.4 Å². The van der Waals surface area contributed by atoms with Crippen molar-refractivity contribution < 1.29 is 4.74 Å². The second-order valence-corrected chi connectivity index (χ2v) is 4.90. The molecule has 0 unspecified atom stereocenters. The average molecular weight is 260 g/mol. The molecular weight excluding hydrogens is 246 g/mol. The number of rotatable bonds is 3. The van der Waals surface area contributed by atoms with Crippen LogP contribution in [0, 0.1) is 0 Å². The molecule has 0 bridgehead atoms. The Kier molecular flexibility index (Phi) is 3.20. The quantitative estimate of drug-likeness (QED) is 0.836. The van der Waals surface area contributed by atoms with E-state index >= 15 is 0 Å². The average Bonchev–Trinajstić information content (AvgIpc) is 2.86. The molecule has 1 heterocycles. The molecule has 0 radical (unpaired) electrons. The maximum Gasteiger partial charge on any atom is 0.215 e. The van der Waals surface area contributed by atoms with Crippen LogP contribution in [0.1, 0.15) is 23.2 Å². The van der Waals surface area contributed by atoms with Gasteiger partial charge in [0.2, 0.25) is 5.88 Å². The minimum absolute atomic E-state index is 0.531. The lowest BCUT2D eigenvalue weighted by atomic mass is 10.2. The molecule has 1 aliphatic rings. The van der Waals surface area contributed by atoms with Gasteiger partial charge < -0.3 is 4.74 Å². The predicted octanol–water partition coefficient (Wildman–Crippen LogP) is 3.80. The van der Waals surface area contributed by atoms with Gasteiger partial charge in [-0.3, -0.25) is 0 Å². The third kappa shape index (κ3) is 2.34. The van der Waals surface area contributed by atoms with Gasteiger partial charge in [-0.05, 0) is 30.4 Å². The van der Waals surface area contributed by atoms with Gasteiger partial charge in [-0.25, -0.2) is 4.98 Å². The van der Waals surface area contributed by atoms with Crippen LogP contribution < -0.4 is 4.74 Å². The predicted molar refractivity (Wildman–Crippen MR) is 72.0 cm³/mol. The number of benzene rings is 1. The molecule has 1 aromatic carbocycles. The maximum absolute atomic E-state index is 6.24. The van der Waals surface area contributed by atoms with Gasteiger partial charge in [0.1, 0.15) is 6.61 Å². The Morgan fingerprint density at radius 1 is 1.17 bits per heavy atom. The zero-order valence-electron chi connectivity index (χ0n) is 10.0. The van der Waals surface area contributed by atoms with Crippen LogP contribution in [-0.4, -0.2) is 4.98 Å². The summed E-state index contributed by atoms with van der Waals surface area (Å²) in [6, 6.07) is 11.9. The molecule has 0 spiro atoms. The summed E-state index contributed by atoms with van der Waals surface area (Å²) in [7, 11) is 0.